The zero-order chi connectivity index (χ0) is 32.4. The van der Waals surface area contributed by atoms with Gasteiger partial charge in [0.05, 0.1) is 47.8 Å². The van der Waals surface area contributed by atoms with Crippen molar-refractivity contribution in [2.45, 2.75) is 26.9 Å². The van der Waals surface area contributed by atoms with Gasteiger partial charge in [-0.15, -0.1) is 0 Å². The number of rotatable bonds is 8. The number of ether oxygens (including phenoxy) is 3. The van der Waals surface area contributed by atoms with Crippen LogP contribution in [0.25, 0.3) is 44.3 Å². The zero-order valence-electron chi connectivity index (χ0n) is 25.9. The molecule has 0 atom stereocenters. The van der Waals surface area contributed by atoms with Gasteiger partial charge in [-0.3, -0.25) is 5.32 Å². The van der Waals surface area contributed by atoms with E-state index in [0.717, 1.165) is 44.3 Å². The van der Waals surface area contributed by atoms with Crippen LogP contribution in [-0.4, -0.2) is 29.4 Å². The Morgan fingerprint density at radius 3 is 1.72 bits per heavy atom. The summed E-state index contributed by atoms with van der Waals surface area (Å²) in [5, 5.41) is 24.7. The molecule has 0 spiro atoms. The fourth-order valence-corrected chi connectivity index (χ4v) is 6.10. The normalized spacial score (nSPS) is 10.8. The first-order valence-corrected chi connectivity index (χ1v) is 14.8. The van der Waals surface area contributed by atoms with E-state index in [-0.39, 0.29) is 0 Å². The maximum absolute atomic E-state index is 13.1. The second kappa shape index (κ2) is 12.4. The van der Waals surface area contributed by atoms with Gasteiger partial charge in [-0.05, 0) is 62.4 Å². The highest BCUT2D eigenvalue weighted by molar-refractivity contribution is 5.97. The molecule has 6 aromatic rings. The first kappa shape index (κ1) is 29.9. The number of carbonyl (C=O) groups excluding carboxylic acids is 1. The molecule has 0 aliphatic heterocycles. The maximum atomic E-state index is 13.1. The van der Waals surface area contributed by atoms with Crippen LogP contribution < -0.4 is 19.5 Å². The summed E-state index contributed by atoms with van der Waals surface area (Å²) in [5.74, 6) is 1.74. The molecule has 2 aromatic heterocycles. The minimum atomic E-state index is -0.670. The summed E-state index contributed by atoms with van der Waals surface area (Å²) in [6.45, 7) is 5.30. The Hall–Kier alpha value is -6.19. The quantitative estimate of drug-likeness (QED) is 0.186. The van der Waals surface area contributed by atoms with Gasteiger partial charge < -0.3 is 23.3 Å². The molecule has 0 aliphatic rings. The van der Waals surface area contributed by atoms with Crippen molar-refractivity contribution >= 4 is 33.6 Å². The van der Waals surface area contributed by atoms with Gasteiger partial charge in [-0.1, -0.05) is 24.3 Å². The van der Waals surface area contributed by atoms with Crippen molar-refractivity contribution in [3.05, 3.63) is 96.1 Å². The molecule has 0 saturated heterocycles. The Balaban J connectivity index is 1.30. The Morgan fingerprint density at radius 2 is 1.22 bits per heavy atom. The van der Waals surface area contributed by atoms with E-state index in [1.54, 1.807) is 38.5 Å². The second-order valence-corrected chi connectivity index (χ2v) is 10.5. The number of anilines is 1. The molecule has 1 N–H and O–H groups in total. The molecular formula is C37H31N5O4. The maximum Gasteiger partial charge on any atom is 0.417 e. The molecule has 9 heteroatoms. The van der Waals surface area contributed by atoms with Crippen molar-refractivity contribution in [3.63, 3.8) is 0 Å². The van der Waals surface area contributed by atoms with Gasteiger partial charge in [-0.2, -0.15) is 10.5 Å². The molecule has 6 rings (SSSR count). The van der Waals surface area contributed by atoms with Crippen LogP contribution >= 0.6 is 0 Å². The van der Waals surface area contributed by atoms with Crippen molar-refractivity contribution in [2.24, 2.45) is 0 Å². The highest BCUT2D eigenvalue weighted by atomic mass is 16.6. The lowest BCUT2D eigenvalue weighted by molar-refractivity contribution is 0.215. The van der Waals surface area contributed by atoms with Gasteiger partial charge in [0.2, 0.25) is 0 Å². The molecule has 0 radical (unpaired) electrons. The van der Waals surface area contributed by atoms with E-state index in [1.807, 2.05) is 74.5 Å². The first-order chi connectivity index (χ1) is 22.4. The topological polar surface area (TPSA) is 114 Å². The number of fused-ring (bicyclic) bond motifs is 2. The third-order valence-electron chi connectivity index (χ3n) is 8.10. The van der Waals surface area contributed by atoms with E-state index >= 15 is 0 Å². The Morgan fingerprint density at radius 1 is 0.696 bits per heavy atom. The van der Waals surface area contributed by atoms with Gasteiger partial charge in [0.1, 0.15) is 29.4 Å². The predicted molar refractivity (Wildman–Crippen MR) is 178 cm³/mol. The lowest BCUT2D eigenvalue weighted by Gasteiger charge is -2.12. The van der Waals surface area contributed by atoms with Crippen LogP contribution in [0.5, 0.6) is 17.2 Å². The molecule has 0 fully saturated rings. The number of aromatic nitrogens is 2. The number of nitriles is 2. The Bertz CT molecular complexity index is 2060. The summed E-state index contributed by atoms with van der Waals surface area (Å²) in [7, 11) is 3.23. The number of hydrogen-bond acceptors (Lipinski definition) is 6. The minimum absolute atomic E-state index is 0.326. The van der Waals surface area contributed by atoms with Crippen LogP contribution in [0.15, 0.2) is 84.9 Å². The largest absolute Gasteiger partial charge is 0.497 e. The highest BCUT2D eigenvalue weighted by Crippen LogP contribution is 2.38. The molecule has 228 valence electrons. The van der Waals surface area contributed by atoms with E-state index in [4.69, 9.17) is 14.2 Å². The SMILES string of the molecule is CCn1c(-c2cccc(NC(=O)Oc3cccc(-c4c(C#N)c5ccc(OC)cc5n4CC)c3)c2)c(C#N)c2ccc(OC)cc21. The van der Waals surface area contributed by atoms with Crippen molar-refractivity contribution in [3.8, 4) is 51.9 Å². The van der Waals surface area contributed by atoms with E-state index < -0.39 is 6.09 Å². The van der Waals surface area contributed by atoms with Gasteiger partial charge in [0.15, 0.2) is 0 Å². The number of methoxy groups -OCH3 is 2. The van der Waals surface area contributed by atoms with Crippen molar-refractivity contribution in [1.82, 2.24) is 9.13 Å². The zero-order valence-corrected chi connectivity index (χ0v) is 25.9. The summed E-state index contributed by atoms with van der Waals surface area (Å²) in [5.41, 5.74) is 6.41. The third-order valence-corrected chi connectivity index (χ3v) is 8.10. The van der Waals surface area contributed by atoms with Crippen LogP contribution in [0, 0.1) is 22.7 Å². The summed E-state index contributed by atoms with van der Waals surface area (Å²) >= 11 is 0. The second-order valence-electron chi connectivity index (χ2n) is 10.5. The van der Waals surface area contributed by atoms with E-state index in [2.05, 4.69) is 26.6 Å². The fraction of sp³-hybridized carbons (Fsp3) is 0.162. The number of carbonyl (C=O) groups is 1. The highest BCUT2D eigenvalue weighted by Gasteiger charge is 2.21. The number of nitrogens with one attached hydrogen (secondary N) is 1. The van der Waals surface area contributed by atoms with Crippen LogP contribution in [0.4, 0.5) is 10.5 Å². The molecule has 2 heterocycles. The molecule has 0 saturated carbocycles. The molecular weight excluding hydrogens is 578 g/mol. The standard InChI is InChI=1S/C37H31N5O4/c1-5-41-33-19-26(44-3)13-15-29(33)31(21-38)35(41)23-9-7-11-25(17-23)40-37(43)46-28-12-8-10-24(18-28)36-32(22-39)30-16-14-27(45-4)20-34(30)42(36)6-2/h7-20H,5-6H2,1-4H3,(H,40,43). The summed E-state index contributed by atoms with van der Waals surface area (Å²) < 4.78 is 20.7. The predicted octanol–water partition coefficient (Wildman–Crippen LogP) is 8.34. The van der Waals surface area contributed by atoms with Crippen LogP contribution in [0.1, 0.15) is 25.0 Å². The molecule has 1 amide bonds. The van der Waals surface area contributed by atoms with E-state index in [9.17, 15) is 15.3 Å². The number of aryl methyl sites for hydroxylation is 2. The smallest absolute Gasteiger partial charge is 0.417 e. The number of nitrogens with zero attached hydrogens (tertiary/aromatic N) is 4. The molecule has 46 heavy (non-hydrogen) atoms. The van der Waals surface area contributed by atoms with Gasteiger partial charge in [0, 0.05) is 52.8 Å². The van der Waals surface area contributed by atoms with Gasteiger partial charge >= 0.3 is 6.09 Å². The Labute approximate surface area is 266 Å². The molecule has 9 nitrogen and oxygen atoms in total. The minimum Gasteiger partial charge on any atom is -0.497 e. The van der Waals surface area contributed by atoms with Crippen molar-refractivity contribution in [2.75, 3.05) is 19.5 Å². The van der Waals surface area contributed by atoms with E-state index in [1.165, 1.54) is 0 Å². The van der Waals surface area contributed by atoms with Gasteiger partial charge in [-0.25, -0.2) is 4.79 Å². The monoisotopic (exact) mass is 609 g/mol. The Kier molecular flexibility index (Phi) is 8.07. The lowest BCUT2D eigenvalue weighted by Crippen LogP contribution is -2.16. The van der Waals surface area contributed by atoms with Crippen LogP contribution in [0.3, 0.4) is 0 Å². The van der Waals surface area contributed by atoms with Crippen molar-refractivity contribution < 1.29 is 19.0 Å². The van der Waals surface area contributed by atoms with Crippen LogP contribution in [0.2, 0.25) is 0 Å². The first-order valence-electron chi connectivity index (χ1n) is 14.8. The van der Waals surface area contributed by atoms with Crippen molar-refractivity contribution in [1.29, 1.82) is 10.5 Å². The number of benzene rings is 4. The summed E-state index contributed by atoms with van der Waals surface area (Å²) in [6.07, 6.45) is -0.670. The van der Waals surface area contributed by atoms with Gasteiger partial charge in [0.25, 0.3) is 0 Å². The molecule has 0 aliphatic carbocycles. The lowest BCUT2D eigenvalue weighted by atomic mass is 10.1. The van der Waals surface area contributed by atoms with Crippen LogP contribution in [-0.2, 0) is 13.1 Å². The number of hydrogen-bond donors (Lipinski definition) is 1. The molecule has 0 bridgehead atoms. The third kappa shape index (κ3) is 5.14. The fourth-order valence-electron chi connectivity index (χ4n) is 6.10. The molecule has 0 unspecified atom stereocenters. The van der Waals surface area contributed by atoms with E-state index in [0.29, 0.717) is 47.2 Å². The average molecular weight is 610 g/mol. The summed E-state index contributed by atoms with van der Waals surface area (Å²) in [6, 6.07) is 30.5. The summed E-state index contributed by atoms with van der Waals surface area (Å²) in [4.78, 5) is 13.1. The average Bonchev–Trinajstić information content (AvgIpc) is 3.59. The number of amides is 1. The molecule has 4 aromatic carbocycles.